The number of aliphatic hydroxyl groups is 1. The SMILES string of the molecule is O=C(NC(CO)c1ccccc1)c1cc(I)cc(I)c1O. The van der Waals surface area contributed by atoms with Crippen LogP contribution >= 0.6 is 45.2 Å². The molecule has 0 heterocycles. The van der Waals surface area contributed by atoms with Gasteiger partial charge in [-0.3, -0.25) is 4.79 Å². The second-order valence-corrected chi connectivity index (χ2v) is 6.81. The molecule has 0 aromatic heterocycles. The van der Waals surface area contributed by atoms with Gasteiger partial charge in [0, 0.05) is 3.57 Å². The highest BCUT2D eigenvalue weighted by atomic mass is 127. The van der Waals surface area contributed by atoms with E-state index in [1.165, 1.54) is 0 Å². The summed E-state index contributed by atoms with van der Waals surface area (Å²) in [5.41, 5.74) is 1.02. The summed E-state index contributed by atoms with van der Waals surface area (Å²) in [6.45, 7) is -0.211. The summed E-state index contributed by atoms with van der Waals surface area (Å²) >= 11 is 4.07. The zero-order valence-corrected chi connectivity index (χ0v) is 15.2. The Morgan fingerprint density at radius 2 is 1.86 bits per heavy atom. The van der Waals surface area contributed by atoms with Crippen molar-refractivity contribution < 1.29 is 15.0 Å². The summed E-state index contributed by atoms with van der Waals surface area (Å²) in [5.74, 6) is -0.454. The van der Waals surface area contributed by atoms with Gasteiger partial charge in [0.2, 0.25) is 0 Å². The fourth-order valence-electron chi connectivity index (χ4n) is 1.89. The van der Waals surface area contributed by atoms with Crippen molar-refractivity contribution in [2.75, 3.05) is 6.61 Å². The first-order valence-electron chi connectivity index (χ1n) is 6.17. The van der Waals surface area contributed by atoms with Crippen molar-refractivity contribution in [3.63, 3.8) is 0 Å². The van der Waals surface area contributed by atoms with Crippen LogP contribution in [0.25, 0.3) is 0 Å². The van der Waals surface area contributed by atoms with Gasteiger partial charge in [-0.2, -0.15) is 0 Å². The van der Waals surface area contributed by atoms with Crippen molar-refractivity contribution in [3.05, 3.63) is 60.7 Å². The number of halogens is 2. The maximum atomic E-state index is 12.3. The number of hydrogen-bond acceptors (Lipinski definition) is 3. The standard InChI is InChI=1S/C15H13I2NO3/c16-10-6-11(14(20)12(17)7-10)15(21)18-13(8-19)9-4-2-1-3-5-9/h1-7,13,19-20H,8H2,(H,18,21). The quantitative estimate of drug-likeness (QED) is 0.556. The molecule has 2 aromatic rings. The fourth-order valence-corrected chi connectivity index (χ4v) is 3.74. The van der Waals surface area contributed by atoms with Crippen LogP contribution in [-0.4, -0.2) is 22.7 Å². The largest absolute Gasteiger partial charge is 0.506 e. The predicted molar refractivity (Wildman–Crippen MR) is 97.3 cm³/mol. The van der Waals surface area contributed by atoms with Crippen molar-refractivity contribution >= 4 is 51.1 Å². The van der Waals surface area contributed by atoms with Crippen LogP contribution in [0.3, 0.4) is 0 Å². The Balaban J connectivity index is 2.25. The van der Waals surface area contributed by atoms with Crippen LogP contribution in [0.5, 0.6) is 5.75 Å². The molecule has 0 spiro atoms. The van der Waals surface area contributed by atoms with E-state index in [0.29, 0.717) is 3.57 Å². The Morgan fingerprint density at radius 3 is 2.48 bits per heavy atom. The highest BCUT2D eigenvalue weighted by Gasteiger charge is 2.19. The van der Waals surface area contributed by atoms with Crippen LogP contribution < -0.4 is 5.32 Å². The number of rotatable bonds is 4. The van der Waals surface area contributed by atoms with Crippen LogP contribution in [-0.2, 0) is 0 Å². The Labute approximate surface area is 149 Å². The summed E-state index contributed by atoms with van der Waals surface area (Å²) in [5, 5.41) is 22.2. The predicted octanol–water partition coefficient (Wildman–Crippen LogP) is 3.06. The van der Waals surface area contributed by atoms with E-state index in [2.05, 4.69) is 27.9 Å². The molecule has 21 heavy (non-hydrogen) atoms. The van der Waals surface area contributed by atoms with Gasteiger partial charge in [0.1, 0.15) is 5.75 Å². The zero-order chi connectivity index (χ0) is 15.4. The van der Waals surface area contributed by atoms with E-state index in [-0.39, 0.29) is 17.9 Å². The lowest BCUT2D eigenvalue weighted by Gasteiger charge is -2.17. The number of benzene rings is 2. The van der Waals surface area contributed by atoms with Crippen LogP contribution in [0.2, 0.25) is 0 Å². The number of amides is 1. The minimum Gasteiger partial charge on any atom is -0.506 e. The lowest BCUT2D eigenvalue weighted by Crippen LogP contribution is -2.31. The topological polar surface area (TPSA) is 69.6 Å². The summed E-state index contributed by atoms with van der Waals surface area (Å²) in [4.78, 5) is 12.3. The van der Waals surface area contributed by atoms with Crippen LogP contribution in [0.15, 0.2) is 42.5 Å². The lowest BCUT2D eigenvalue weighted by atomic mass is 10.1. The van der Waals surface area contributed by atoms with Gasteiger partial charge < -0.3 is 15.5 Å². The van der Waals surface area contributed by atoms with Gasteiger partial charge in [0.25, 0.3) is 5.91 Å². The Hall–Kier alpha value is -0.870. The number of aliphatic hydroxyl groups excluding tert-OH is 1. The number of carbonyl (C=O) groups excluding carboxylic acids is 1. The normalized spacial score (nSPS) is 12.0. The molecule has 4 nitrogen and oxygen atoms in total. The van der Waals surface area contributed by atoms with E-state index in [1.807, 2.05) is 52.9 Å². The molecule has 0 saturated heterocycles. The number of phenols is 1. The molecular formula is C15H13I2NO3. The van der Waals surface area contributed by atoms with Crippen molar-refractivity contribution in [3.8, 4) is 5.75 Å². The second kappa shape index (κ2) is 7.41. The molecule has 0 fully saturated rings. The molecule has 110 valence electrons. The van der Waals surface area contributed by atoms with E-state index < -0.39 is 11.9 Å². The smallest absolute Gasteiger partial charge is 0.255 e. The van der Waals surface area contributed by atoms with Crippen LogP contribution in [0, 0.1) is 7.14 Å². The van der Waals surface area contributed by atoms with Crippen molar-refractivity contribution in [2.24, 2.45) is 0 Å². The van der Waals surface area contributed by atoms with Crippen molar-refractivity contribution in [2.45, 2.75) is 6.04 Å². The average molecular weight is 509 g/mol. The monoisotopic (exact) mass is 509 g/mol. The zero-order valence-electron chi connectivity index (χ0n) is 10.9. The molecule has 1 amide bonds. The van der Waals surface area contributed by atoms with Gasteiger partial charge in [0.15, 0.2) is 0 Å². The summed E-state index contributed by atoms with van der Waals surface area (Å²) in [6, 6.07) is 12.1. The number of carbonyl (C=O) groups is 1. The molecule has 0 aliphatic heterocycles. The molecule has 3 N–H and O–H groups in total. The molecule has 1 unspecified atom stereocenters. The third kappa shape index (κ3) is 4.07. The molecule has 1 atom stereocenters. The summed E-state index contributed by atoms with van der Waals surface area (Å²) in [7, 11) is 0. The van der Waals surface area contributed by atoms with E-state index in [9.17, 15) is 15.0 Å². The van der Waals surface area contributed by atoms with Gasteiger partial charge in [-0.15, -0.1) is 0 Å². The van der Waals surface area contributed by atoms with Gasteiger partial charge in [-0.1, -0.05) is 30.3 Å². The van der Waals surface area contributed by atoms with Crippen molar-refractivity contribution in [1.82, 2.24) is 5.32 Å². The third-order valence-electron chi connectivity index (χ3n) is 2.96. The average Bonchev–Trinajstić information content (AvgIpc) is 2.49. The van der Waals surface area contributed by atoms with Gasteiger partial charge >= 0.3 is 0 Å². The fraction of sp³-hybridized carbons (Fsp3) is 0.133. The molecule has 6 heteroatoms. The van der Waals surface area contributed by atoms with Crippen LogP contribution in [0.1, 0.15) is 22.0 Å². The molecule has 2 aromatic carbocycles. The Morgan fingerprint density at radius 1 is 1.19 bits per heavy atom. The second-order valence-electron chi connectivity index (χ2n) is 4.40. The highest BCUT2D eigenvalue weighted by Crippen LogP contribution is 2.27. The number of aromatic hydroxyl groups is 1. The Kier molecular flexibility index (Phi) is 5.82. The third-order valence-corrected chi connectivity index (χ3v) is 4.41. The molecule has 0 radical (unpaired) electrons. The minimum absolute atomic E-state index is 0.0433. The first-order valence-corrected chi connectivity index (χ1v) is 8.33. The van der Waals surface area contributed by atoms with Gasteiger partial charge in [-0.05, 0) is 62.9 Å². The van der Waals surface area contributed by atoms with Gasteiger partial charge in [0.05, 0.1) is 21.8 Å². The first-order chi connectivity index (χ1) is 10.0. The number of nitrogens with one attached hydrogen (secondary N) is 1. The maximum absolute atomic E-state index is 12.3. The first kappa shape index (κ1) is 16.5. The van der Waals surface area contributed by atoms with E-state index in [1.54, 1.807) is 12.1 Å². The highest BCUT2D eigenvalue weighted by molar-refractivity contribution is 14.1. The summed E-state index contributed by atoms with van der Waals surface area (Å²) < 4.78 is 1.48. The minimum atomic E-state index is -0.506. The maximum Gasteiger partial charge on any atom is 0.255 e. The number of phenolic OH excluding ortho intramolecular Hbond substituents is 1. The van der Waals surface area contributed by atoms with Gasteiger partial charge in [-0.25, -0.2) is 0 Å². The van der Waals surface area contributed by atoms with Crippen LogP contribution in [0.4, 0.5) is 0 Å². The van der Waals surface area contributed by atoms with E-state index >= 15 is 0 Å². The van der Waals surface area contributed by atoms with Crippen molar-refractivity contribution in [1.29, 1.82) is 0 Å². The number of hydrogen-bond donors (Lipinski definition) is 3. The van der Waals surface area contributed by atoms with E-state index in [4.69, 9.17) is 0 Å². The molecule has 2 rings (SSSR count). The van der Waals surface area contributed by atoms with E-state index in [0.717, 1.165) is 9.13 Å². The molecular weight excluding hydrogens is 496 g/mol. The molecule has 0 bridgehead atoms. The molecule has 0 aliphatic rings. The summed E-state index contributed by atoms with van der Waals surface area (Å²) in [6.07, 6.45) is 0. The molecule has 0 saturated carbocycles. The Bertz CT molecular complexity index is 647. The lowest BCUT2D eigenvalue weighted by molar-refractivity contribution is 0.0913. The molecule has 0 aliphatic carbocycles.